The molecular weight excluding hydrogens is 656 g/mol. The first-order valence-corrected chi connectivity index (χ1v) is 14.4. The van der Waals surface area contributed by atoms with Crippen LogP contribution in [0.25, 0.3) is 0 Å². The van der Waals surface area contributed by atoms with E-state index in [0.717, 1.165) is 27.7 Å². The molecule has 0 amide bonds. The number of hydrogen-bond acceptors (Lipinski definition) is 18. The second-order valence-electron chi connectivity index (χ2n) is 10.7. The molecule has 14 atom stereocenters. The molecule has 1 saturated carbocycles. The summed E-state index contributed by atoms with van der Waals surface area (Å²) >= 11 is 0. The number of ether oxygens (including phenoxy) is 4. The average molecular weight is 709 g/mol. The lowest BCUT2D eigenvalue weighted by Gasteiger charge is -2.46. The summed E-state index contributed by atoms with van der Waals surface area (Å²) in [5, 5.41) is 89.9. The Balaban J connectivity index is 0. The van der Waals surface area contributed by atoms with Crippen LogP contribution in [0.15, 0.2) is 0 Å². The highest BCUT2D eigenvalue weighted by Gasteiger charge is 2.48. The minimum Gasteiger partial charge on any atom is -0.481 e. The molecule has 22 nitrogen and oxygen atoms in total. The van der Waals surface area contributed by atoms with Gasteiger partial charge in [-0.15, -0.1) is 0 Å². The third-order valence-electron chi connectivity index (χ3n) is 6.38. The molecule has 22 heteroatoms. The largest absolute Gasteiger partial charge is 0.481 e. The van der Waals surface area contributed by atoms with E-state index in [9.17, 15) is 30.6 Å². The van der Waals surface area contributed by atoms with Crippen molar-refractivity contribution in [3.63, 3.8) is 0 Å². The standard InChI is InChI=1S/C18H36N4O10.4C2H4O2/c19-3-9-11(23)13(25)15(27)17(31-9)29-7-1-5(21)8(2-6(7)22)30-18-16(28)14(26)12(24)10(4-20)32-18;4*1-2(3)4/h5-18,23-28H,1-4,19-22H2;4*1H3,(H,3,4)/t5-,6-,7-,8-,9-,10-,11-,12-,13+,14+,15-,16-,17-,18+;;;;/m1..../s1. The fourth-order valence-electron chi connectivity index (χ4n) is 4.29. The molecule has 2 saturated heterocycles. The molecule has 0 unspecified atom stereocenters. The van der Waals surface area contributed by atoms with Gasteiger partial charge in [0.25, 0.3) is 23.9 Å². The molecule has 1 aliphatic carbocycles. The van der Waals surface area contributed by atoms with Crippen molar-refractivity contribution in [3.05, 3.63) is 0 Å². The number of carbonyl (C=O) groups is 4. The van der Waals surface area contributed by atoms with Crippen LogP contribution in [-0.2, 0) is 38.1 Å². The molecule has 0 aromatic carbocycles. The summed E-state index contributed by atoms with van der Waals surface area (Å²) < 4.78 is 22.5. The Morgan fingerprint density at radius 1 is 0.542 bits per heavy atom. The zero-order valence-electron chi connectivity index (χ0n) is 27.0. The lowest BCUT2D eigenvalue weighted by Crippen LogP contribution is -2.64. The number of aliphatic hydroxyl groups excluding tert-OH is 6. The van der Waals surface area contributed by atoms with Crippen LogP contribution in [0.2, 0.25) is 0 Å². The minimum absolute atomic E-state index is 0.0922. The van der Waals surface area contributed by atoms with E-state index in [-0.39, 0.29) is 25.9 Å². The highest BCUT2D eigenvalue weighted by molar-refractivity contribution is 5.63. The zero-order chi connectivity index (χ0) is 38.0. The summed E-state index contributed by atoms with van der Waals surface area (Å²) in [5.41, 5.74) is 23.5. The molecule has 3 fully saturated rings. The number of carboxylic acid groups (broad SMARTS) is 4. The summed E-state index contributed by atoms with van der Waals surface area (Å²) in [5.74, 6) is -3.33. The fourth-order valence-corrected chi connectivity index (χ4v) is 4.29. The van der Waals surface area contributed by atoms with Crippen LogP contribution >= 0.6 is 0 Å². The lowest BCUT2D eigenvalue weighted by atomic mass is 9.86. The van der Waals surface area contributed by atoms with Gasteiger partial charge in [-0.3, -0.25) is 19.2 Å². The van der Waals surface area contributed by atoms with Gasteiger partial charge in [0.2, 0.25) is 0 Å². The molecular formula is C26H52N4O18. The van der Waals surface area contributed by atoms with Crippen LogP contribution in [0.3, 0.4) is 0 Å². The molecule has 0 radical (unpaired) electrons. The molecule has 284 valence electrons. The Morgan fingerprint density at radius 2 is 0.771 bits per heavy atom. The van der Waals surface area contributed by atoms with E-state index >= 15 is 0 Å². The van der Waals surface area contributed by atoms with Gasteiger partial charge >= 0.3 is 0 Å². The monoisotopic (exact) mass is 708 g/mol. The third kappa shape index (κ3) is 18.2. The van der Waals surface area contributed by atoms with E-state index in [0.29, 0.717) is 0 Å². The Morgan fingerprint density at radius 3 is 0.979 bits per heavy atom. The highest BCUT2D eigenvalue weighted by Crippen LogP contribution is 2.30. The van der Waals surface area contributed by atoms with Crippen LogP contribution in [0.4, 0.5) is 0 Å². The first-order chi connectivity index (χ1) is 22.0. The number of aliphatic carboxylic acids is 4. The smallest absolute Gasteiger partial charge is 0.300 e. The zero-order valence-corrected chi connectivity index (χ0v) is 27.0. The van der Waals surface area contributed by atoms with Crippen LogP contribution in [0.5, 0.6) is 0 Å². The Hall–Kier alpha value is -2.68. The van der Waals surface area contributed by atoms with Gasteiger partial charge in [-0.25, -0.2) is 0 Å². The molecule has 48 heavy (non-hydrogen) atoms. The molecule has 18 N–H and O–H groups in total. The van der Waals surface area contributed by atoms with E-state index in [2.05, 4.69) is 0 Å². The third-order valence-corrected chi connectivity index (χ3v) is 6.38. The topological polar surface area (TPSA) is 412 Å². The molecule has 2 heterocycles. The number of rotatable bonds is 6. The summed E-state index contributed by atoms with van der Waals surface area (Å²) in [7, 11) is 0. The second-order valence-corrected chi connectivity index (χ2v) is 10.7. The molecule has 0 aromatic heterocycles. The van der Waals surface area contributed by atoms with E-state index < -0.39 is 110 Å². The van der Waals surface area contributed by atoms with Crippen LogP contribution < -0.4 is 22.9 Å². The fraction of sp³-hybridized carbons (Fsp3) is 0.846. The van der Waals surface area contributed by atoms with Crippen molar-refractivity contribution in [1.82, 2.24) is 0 Å². The summed E-state index contributed by atoms with van der Waals surface area (Å²) in [6.07, 6.45) is -14.1. The molecule has 0 aromatic rings. The van der Waals surface area contributed by atoms with E-state index in [1.165, 1.54) is 0 Å². The van der Waals surface area contributed by atoms with E-state index in [1.54, 1.807) is 0 Å². The number of nitrogens with two attached hydrogens (primary N) is 4. The maximum atomic E-state index is 10.2. The Bertz CT molecular complexity index is 848. The number of carboxylic acids is 4. The molecule has 2 aliphatic heterocycles. The van der Waals surface area contributed by atoms with Gasteiger partial charge in [-0.1, -0.05) is 0 Å². The van der Waals surface area contributed by atoms with Crippen molar-refractivity contribution in [2.45, 2.75) is 126 Å². The van der Waals surface area contributed by atoms with Gasteiger partial charge in [0.05, 0.1) is 12.2 Å². The first-order valence-electron chi connectivity index (χ1n) is 14.4. The average Bonchev–Trinajstić information content (AvgIpc) is 2.94. The van der Waals surface area contributed by atoms with Gasteiger partial charge in [0, 0.05) is 52.9 Å². The number of aliphatic hydroxyl groups is 6. The second kappa shape index (κ2) is 23.6. The van der Waals surface area contributed by atoms with Crippen molar-refractivity contribution >= 4 is 23.9 Å². The predicted molar refractivity (Wildman–Crippen MR) is 160 cm³/mol. The molecule has 3 aliphatic rings. The van der Waals surface area contributed by atoms with Crippen molar-refractivity contribution in [1.29, 1.82) is 0 Å². The van der Waals surface area contributed by atoms with E-state index in [1.807, 2.05) is 0 Å². The van der Waals surface area contributed by atoms with Crippen molar-refractivity contribution in [3.8, 4) is 0 Å². The summed E-state index contributed by atoms with van der Waals surface area (Å²) in [6.45, 7) is 4.15. The normalized spacial score (nSPS) is 37.2. The molecule has 0 bridgehead atoms. The summed E-state index contributed by atoms with van der Waals surface area (Å²) in [6, 6.07) is -1.25. The van der Waals surface area contributed by atoms with E-state index in [4.69, 9.17) is 81.5 Å². The van der Waals surface area contributed by atoms with Crippen molar-refractivity contribution in [2.24, 2.45) is 22.9 Å². The van der Waals surface area contributed by atoms with Crippen LogP contribution in [-0.4, -0.2) is 174 Å². The number of hydrogen-bond donors (Lipinski definition) is 14. The Kier molecular flexibility index (Phi) is 23.4. The maximum absolute atomic E-state index is 10.2. The van der Waals surface area contributed by atoms with Gasteiger partial charge in [-0.2, -0.15) is 0 Å². The quantitative estimate of drug-likeness (QED) is 0.122. The van der Waals surface area contributed by atoms with Gasteiger partial charge in [0.1, 0.15) is 48.8 Å². The predicted octanol–water partition coefficient (Wildman–Crippen LogP) is -5.90. The Labute approximate surface area is 275 Å². The van der Waals surface area contributed by atoms with Gasteiger partial charge in [0.15, 0.2) is 12.6 Å². The summed E-state index contributed by atoms with van der Waals surface area (Å²) in [4.78, 5) is 36.0. The van der Waals surface area contributed by atoms with Gasteiger partial charge in [-0.05, 0) is 12.8 Å². The lowest BCUT2D eigenvalue weighted by molar-refractivity contribution is -0.319. The van der Waals surface area contributed by atoms with Crippen LogP contribution in [0.1, 0.15) is 40.5 Å². The minimum atomic E-state index is -1.52. The molecule has 3 rings (SSSR count). The molecule has 0 spiro atoms. The van der Waals surface area contributed by atoms with Gasteiger partial charge < -0.3 is 92.9 Å². The SMILES string of the molecule is CC(=O)O.CC(=O)O.CC(=O)O.CC(=O)O.NC[C@H]1O[C@H](O[C@@H]2C[C@@H](N)[C@H](O[C@@H]3O[C@H](CN)[C@@H](O)[C@H](O)[C@H]3O)C[C@H]2N)[C@H](O)[C@@H](O)[C@@H]1O. The maximum Gasteiger partial charge on any atom is 0.300 e. The highest BCUT2D eigenvalue weighted by atomic mass is 16.7. The van der Waals surface area contributed by atoms with Crippen LogP contribution in [0, 0.1) is 0 Å². The van der Waals surface area contributed by atoms with Crippen molar-refractivity contribution < 1.29 is 89.2 Å². The first kappa shape index (κ1) is 47.4. The van der Waals surface area contributed by atoms with Crippen molar-refractivity contribution in [2.75, 3.05) is 13.1 Å².